The topological polar surface area (TPSA) is 102 Å². The minimum absolute atomic E-state index is 0.188. The number of nitrogen functional groups attached to an aromatic ring is 1. The number of halogens is 1. The molecule has 0 bridgehead atoms. The van der Waals surface area contributed by atoms with Crippen molar-refractivity contribution >= 4 is 15.7 Å². The van der Waals surface area contributed by atoms with Crippen molar-refractivity contribution < 1.29 is 22.7 Å². The van der Waals surface area contributed by atoms with Gasteiger partial charge < -0.3 is 15.6 Å². The Morgan fingerprint density at radius 2 is 2.24 bits per heavy atom. The third-order valence-electron chi connectivity index (χ3n) is 3.84. The highest BCUT2D eigenvalue weighted by atomic mass is 32.2. The summed E-state index contributed by atoms with van der Waals surface area (Å²) in [6, 6.07) is 2.14. The lowest BCUT2D eigenvalue weighted by atomic mass is 9.97. The average Bonchev–Trinajstić information content (AvgIpc) is 2.72. The summed E-state index contributed by atoms with van der Waals surface area (Å²) in [4.78, 5) is -0.527. The van der Waals surface area contributed by atoms with Gasteiger partial charge in [0.15, 0.2) is 0 Å². The Morgan fingerprint density at radius 1 is 1.57 bits per heavy atom. The van der Waals surface area contributed by atoms with Gasteiger partial charge in [0.25, 0.3) is 0 Å². The summed E-state index contributed by atoms with van der Waals surface area (Å²) in [5, 5.41) is 10.3. The minimum Gasteiger partial charge on any atom is -0.398 e. The second-order valence-corrected chi connectivity index (χ2v) is 7.07. The summed E-state index contributed by atoms with van der Waals surface area (Å²) < 4.78 is 45.6. The Bertz CT molecular complexity index is 650. The maximum absolute atomic E-state index is 13.8. The van der Waals surface area contributed by atoms with Gasteiger partial charge in [0.2, 0.25) is 10.0 Å². The number of rotatable bonds is 4. The largest absolute Gasteiger partial charge is 0.398 e. The number of nitrogens with two attached hydrogens (primary N) is 1. The van der Waals surface area contributed by atoms with E-state index < -0.39 is 32.4 Å². The fourth-order valence-corrected chi connectivity index (χ4v) is 3.37. The van der Waals surface area contributed by atoms with Gasteiger partial charge in [-0.3, -0.25) is 0 Å². The highest BCUT2D eigenvalue weighted by Gasteiger charge is 2.40. The van der Waals surface area contributed by atoms with Gasteiger partial charge in [0.05, 0.1) is 6.10 Å². The molecule has 1 aliphatic rings. The van der Waals surface area contributed by atoms with Crippen molar-refractivity contribution in [1.82, 2.24) is 4.72 Å². The molecule has 2 rings (SSSR count). The van der Waals surface area contributed by atoms with E-state index in [1.165, 1.54) is 0 Å². The van der Waals surface area contributed by atoms with Crippen LogP contribution in [0.15, 0.2) is 17.0 Å². The molecule has 4 N–H and O–H groups in total. The Labute approximate surface area is 123 Å². The summed E-state index contributed by atoms with van der Waals surface area (Å²) in [7, 11) is -4.10. The molecule has 0 aromatic heterocycles. The highest BCUT2D eigenvalue weighted by molar-refractivity contribution is 7.89. The van der Waals surface area contributed by atoms with Crippen molar-refractivity contribution in [3.8, 4) is 0 Å². The SMILES string of the molecule is Cc1cc(F)c(S(=O)(=O)NCC2(O)CCOC2C)cc1N. The number of anilines is 1. The van der Waals surface area contributed by atoms with E-state index in [1.807, 2.05) is 0 Å². The van der Waals surface area contributed by atoms with E-state index in [2.05, 4.69) is 4.72 Å². The summed E-state index contributed by atoms with van der Waals surface area (Å²) in [5.74, 6) is -0.878. The highest BCUT2D eigenvalue weighted by Crippen LogP contribution is 2.26. The molecule has 1 saturated heterocycles. The fraction of sp³-hybridized carbons (Fsp3) is 0.538. The molecule has 21 heavy (non-hydrogen) atoms. The summed E-state index contributed by atoms with van der Waals surface area (Å²) in [6.07, 6.45) is -0.178. The minimum atomic E-state index is -4.10. The molecule has 1 aromatic rings. The molecule has 2 atom stereocenters. The lowest BCUT2D eigenvalue weighted by Gasteiger charge is -2.26. The zero-order valence-electron chi connectivity index (χ0n) is 11.9. The second kappa shape index (κ2) is 5.53. The van der Waals surface area contributed by atoms with Gasteiger partial charge >= 0.3 is 0 Å². The van der Waals surface area contributed by atoms with Crippen molar-refractivity contribution in [2.45, 2.75) is 36.9 Å². The van der Waals surface area contributed by atoms with Crippen molar-refractivity contribution in [3.05, 3.63) is 23.5 Å². The molecule has 1 heterocycles. The molecule has 8 heteroatoms. The Hall–Kier alpha value is -1.22. The van der Waals surface area contributed by atoms with Crippen LogP contribution in [0.3, 0.4) is 0 Å². The van der Waals surface area contributed by atoms with Crippen LogP contribution in [0.4, 0.5) is 10.1 Å². The molecule has 1 aliphatic heterocycles. The maximum Gasteiger partial charge on any atom is 0.243 e. The van der Waals surface area contributed by atoms with E-state index in [1.54, 1.807) is 13.8 Å². The average molecular weight is 318 g/mol. The number of ether oxygens (including phenoxy) is 1. The van der Waals surface area contributed by atoms with Crippen LogP contribution in [-0.2, 0) is 14.8 Å². The van der Waals surface area contributed by atoms with Crippen LogP contribution in [0.2, 0.25) is 0 Å². The number of nitrogens with one attached hydrogen (secondary N) is 1. The lowest BCUT2D eigenvalue weighted by Crippen LogP contribution is -2.47. The molecule has 1 fully saturated rings. The fourth-order valence-electron chi connectivity index (χ4n) is 2.18. The van der Waals surface area contributed by atoms with E-state index in [0.717, 1.165) is 12.1 Å². The molecule has 0 radical (unpaired) electrons. The van der Waals surface area contributed by atoms with Crippen molar-refractivity contribution in [2.24, 2.45) is 0 Å². The zero-order valence-corrected chi connectivity index (χ0v) is 12.7. The summed E-state index contributed by atoms with van der Waals surface area (Å²) >= 11 is 0. The number of sulfonamides is 1. The zero-order chi connectivity index (χ0) is 15.8. The second-order valence-electron chi connectivity index (χ2n) is 5.33. The first-order valence-corrected chi connectivity index (χ1v) is 8.03. The summed E-state index contributed by atoms with van der Waals surface area (Å²) in [5.41, 5.74) is 4.98. The standard InChI is InChI=1S/C13H19FN2O4S/c1-8-5-10(14)12(6-11(8)15)21(18,19)16-7-13(17)3-4-20-9(13)2/h5-6,9,16-17H,3-4,7,15H2,1-2H3. The molecule has 2 unspecified atom stereocenters. The van der Waals surface area contributed by atoms with Crippen LogP contribution in [0.1, 0.15) is 18.9 Å². The number of aryl methyl sites for hydroxylation is 1. The van der Waals surface area contributed by atoms with E-state index >= 15 is 0 Å². The van der Waals surface area contributed by atoms with E-state index in [0.29, 0.717) is 18.6 Å². The first kappa shape index (κ1) is 16.2. The van der Waals surface area contributed by atoms with E-state index in [9.17, 15) is 17.9 Å². The van der Waals surface area contributed by atoms with E-state index in [4.69, 9.17) is 10.5 Å². The summed E-state index contributed by atoms with van der Waals surface area (Å²) in [6.45, 7) is 3.35. The molecule has 0 spiro atoms. The van der Waals surface area contributed by atoms with Crippen molar-refractivity contribution in [3.63, 3.8) is 0 Å². The third kappa shape index (κ3) is 3.18. The first-order chi connectivity index (χ1) is 9.66. The lowest BCUT2D eigenvalue weighted by molar-refractivity contribution is -0.0228. The van der Waals surface area contributed by atoms with Gasteiger partial charge in [-0.25, -0.2) is 17.5 Å². The van der Waals surface area contributed by atoms with Crippen LogP contribution in [0.25, 0.3) is 0 Å². The number of hydrogen-bond donors (Lipinski definition) is 3. The van der Waals surface area contributed by atoms with Crippen LogP contribution < -0.4 is 10.5 Å². The Balaban J connectivity index is 2.21. The van der Waals surface area contributed by atoms with Gasteiger partial charge in [-0.15, -0.1) is 0 Å². The van der Waals surface area contributed by atoms with Gasteiger partial charge in [-0.05, 0) is 31.5 Å². The molecular formula is C13H19FN2O4S. The third-order valence-corrected chi connectivity index (χ3v) is 5.25. The van der Waals surface area contributed by atoms with Crippen molar-refractivity contribution in [2.75, 3.05) is 18.9 Å². The van der Waals surface area contributed by atoms with Crippen molar-refractivity contribution in [1.29, 1.82) is 0 Å². The first-order valence-electron chi connectivity index (χ1n) is 6.55. The monoisotopic (exact) mass is 318 g/mol. The smallest absolute Gasteiger partial charge is 0.243 e. The van der Waals surface area contributed by atoms with Gasteiger partial charge in [-0.2, -0.15) is 0 Å². The number of benzene rings is 1. The Kier molecular flexibility index (Phi) is 4.25. The maximum atomic E-state index is 13.8. The van der Waals surface area contributed by atoms with Gasteiger partial charge in [-0.1, -0.05) is 0 Å². The predicted octanol–water partition coefficient (Wildman–Crippen LogP) is 0.535. The normalized spacial score (nSPS) is 26.2. The van der Waals surface area contributed by atoms with Gasteiger partial charge in [0, 0.05) is 25.3 Å². The van der Waals surface area contributed by atoms with Crippen LogP contribution in [-0.4, -0.2) is 38.4 Å². The molecule has 118 valence electrons. The molecule has 6 nitrogen and oxygen atoms in total. The molecule has 1 aromatic carbocycles. The quantitative estimate of drug-likeness (QED) is 0.703. The van der Waals surface area contributed by atoms with Crippen LogP contribution >= 0.6 is 0 Å². The number of aliphatic hydroxyl groups is 1. The van der Waals surface area contributed by atoms with Crippen LogP contribution in [0.5, 0.6) is 0 Å². The van der Waals surface area contributed by atoms with Crippen LogP contribution in [0, 0.1) is 12.7 Å². The molecule has 0 amide bonds. The molecule has 0 saturated carbocycles. The molecular weight excluding hydrogens is 299 g/mol. The predicted molar refractivity (Wildman–Crippen MR) is 75.7 cm³/mol. The molecule has 0 aliphatic carbocycles. The van der Waals surface area contributed by atoms with E-state index in [-0.39, 0.29) is 12.2 Å². The Morgan fingerprint density at radius 3 is 2.81 bits per heavy atom. The van der Waals surface area contributed by atoms with Gasteiger partial charge in [0.1, 0.15) is 16.3 Å². The number of hydrogen-bond acceptors (Lipinski definition) is 5.